The fourth-order valence-corrected chi connectivity index (χ4v) is 7.52. The number of nitrogens with zero attached hydrogens (tertiary/aromatic N) is 2. The number of piperidine rings is 1. The molecule has 1 amide bonds. The van der Waals surface area contributed by atoms with E-state index < -0.39 is 76.4 Å². The van der Waals surface area contributed by atoms with E-state index in [2.05, 4.69) is 4.90 Å². The van der Waals surface area contributed by atoms with Crippen LogP contribution in [0, 0.1) is 23.7 Å². The first kappa shape index (κ1) is 27.6. The SMILES string of the molecule is C[C@H]1c2ccc(CN3CCCCC3)c(O)c2C(=O)C2C(=O)[C@]3(O)C(=O)C(C(N)=O)C(=O)[C@@H](N(C)C)[C@@H]3[C@@H](O)[C@@H]21. The predicted molar refractivity (Wildman–Crippen MR) is 137 cm³/mol. The first-order chi connectivity index (χ1) is 18.3. The van der Waals surface area contributed by atoms with Crippen LogP contribution in [0.2, 0.25) is 0 Å². The number of carbonyl (C=O) groups excluding carboxylic acids is 5. The molecule has 8 atom stereocenters. The molecule has 1 aromatic rings. The molecule has 0 bridgehead atoms. The van der Waals surface area contributed by atoms with Crippen LogP contribution in [0.25, 0.3) is 0 Å². The van der Waals surface area contributed by atoms with Crippen LogP contribution >= 0.6 is 0 Å². The number of carbonyl (C=O) groups is 5. The summed E-state index contributed by atoms with van der Waals surface area (Å²) in [6, 6.07) is 2.08. The van der Waals surface area contributed by atoms with Crippen LogP contribution in [-0.2, 0) is 25.7 Å². The zero-order valence-electron chi connectivity index (χ0n) is 22.3. The molecule has 2 unspecified atom stereocenters. The summed E-state index contributed by atoms with van der Waals surface area (Å²) in [4.78, 5) is 70.2. The lowest BCUT2D eigenvalue weighted by molar-refractivity contribution is -0.196. The van der Waals surface area contributed by atoms with Crippen molar-refractivity contribution in [3.05, 3.63) is 28.8 Å². The molecule has 3 fully saturated rings. The molecule has 11 heteroatoms. The van der Waals surface area contributed by atoms with E-state index in [1.807, 2.05) is 0 Å². The minimum atomic E-state index is -2.99. The monoisotopic (exact) mass is 541 g/mol. The van der Waals surface area contributed by atoms with E-state index in [1.54, 1.807) is 19.1 Å². The molecule has 210 valence electrons. The zero-order chi connectivity index (χ0) is 28.5. The Hall–Kier alpha value is -2.99. The van der Waals surface area contributed by atoms with E-state index in [9.17, 15) is 39.3 Å². The first-order valence-corrected chi connectivity index (χ1v) is 13.4. The number of rotatable bonds is 4. The van der Waals surface area contributed by atoms with E-state index in [0.29, 0.717) is 17.7 Å². The van der Waals surface area contributed by atoms with Crippen LogP contribution in [0.15, 0.2) is 12.1 Å². The van der Waals surface area contributed by atoms with Gasteiger partial charge in [-0.2, -0.15) is 0 Å². The minimum absolute atomic E-state index is 0.0594. The maximum atomic E-state index is 14.0. The lowest BCUT2D eigenvalue weighted by Crippen LogP contribution is -2.77. The highest BCUT2D eigenvalue weighted by Crippen LogP contribution is 2.54. The Kier molecular flexibility index (Phi) is 6.77. The third-order valence-electron chi connectivity index (χ3n) is 9.42. The van der Waals surface area contributed by atoms with Gasteiger partial charge in [0.1, 0.15) is 5.75 Å². The molecule has 1 heterocycles. The highest BCUT2D eigenvalue weighted by molar-refractivity contribution is 6.32. The zero-order valence-corrected chi connectivity index (χ0v) is 22.3. The number of aliphatic hydroxyl groups is 2. The number of phenolic OH excluding ortho intramolecular Hbond substituents is 1. The largest absolute Gasteiger partial charge is 0.507 e. The number of hydrogen-bond donors (Lipinski definition) is 4. The van der Waals surface area contributed by atoms with Gasteiger partial charge in [-0.15, -0.1) is 0 Å². The van der Waals surface area contributed by atoms with Crippen LogP contribution in [0.1, 0.15) is 53.6 Å². The molecule has 5 N–H and O–H groups in total. The van der Waals surface area contributed by atoms with Gasteiger partial charge >= 0.3 is 0 Å². The summed E-state index contributed by atoms with van der Waals surface area (Å²) in [5.74, 6) is -12.9. The number of aromatic hydroxyl groups is 1. The quantitative estimate of drug-likeness (QED) is 0.359. The second-order valence-electron chi connectivity index (χ2n) is 11.7. The van der Waals surface area contributed by atoms with Gasteiger partial charge in [0.2, 0.25) is 5.91 Å². The van der Waals surface area contributed by atoms with Gasteiger partial charge in [-0.05, 0) is 51.5 Å². The van der Waals surface area contributed by atoms with Crippen molar-refractivity contribution in [1.82, 2.24) is 9.80 Å². The standard InChI is InChI=1S/C28H35N3O8/c1-12-14-8-7-13(11-31-9-5-4-6-10-31)21(32)16(14)22(33)17-15(12)23(34)19-20(30(2)3)24(35)18(27(29)38)26(37)28(19,39)25(17)36/h7-8,12,15,17-20,23,32,34,39H,4-6,9-11H2,1-3H3,(H2,29,38)/t12-,15+,17?,18?,19+,20-,23-,28-/m0/s1. The molecule has 39 heavy (non-hydrogen) atoms. The Morgan fingerprint density at radius 1 is 1.10 bits per heavy atom. The van der Waals surface area contributed by atoms with Crippen molar-refractivity contribution >= 4 is 29.0 Å². The van der Waals surface area contributed by atoms with Gasteiger partial charge < -0.3 is 21.1 Å². The number of primary amides is 1. The van der Waals surface area contributed by atoms with Gasteiger partial charge in [-0.25, -0.2) is 0 Å². The summed E-state index contributed by atoms with van der Waals surface area (Å²) in [5, 5.41) is 34.6. The normalized spacial score (nSPS) is 36.9. The minimum Gasteiger partial charge on any atom is -0.507 e. The van der Waals surface area contributed by atoms with Gasteiger partial charge in [0.25, 0.3) is 0 Å². The Balaban J connectivity index is 1.62. The summed E-state index contributed by atoms with van der Waals surface area (Å²) in [7, 11) is 2.93. The number of likely N-dealkylation sites (tertiary alicyclic amines) is 1. The van der Waals surface area contributed by atoms with E-state index in [0.717, 1.165) is 32.4 Å². The number of likely N-dealkylation sites (N-methyl/N-ethyl adjacent to an activating group) is 1. The Labute approximate surface area is 225 Å². The summed E-state index contributed by atoms with van der Waals surface area (Å²) in [5.41, 5.74) is 3.26. The molecule has 1 aromatic carbocycles. The molecule has 11 nitrogen and oxygen atoms in total. The number of amides is 1. The Bertz CT molecular complexity index is 1270. The van der Waals surface area contributed by atoms with Crippen molar-refractivity contribution in [3.8, 4) is 5.75 Å². The van der Waals surface area contributed by atoms with Gasteiger partial charge in [-0.3, -0.25) is 33.8 Å². The van der Waals surface area contributed by atoms with Crippen LogP contribution in [-0.4, -0.2) is 99.1 Å². The van der Waals surface area contributed by atoms with Crippen LogP contribution < -0.4 is 5.73 Å². The highest BCUT2D eigenvalue weighted by atomic mass is 16.3. The third-order valence-corrected chi connectivity index (χ3v) is 9.42. The number of phenols is 1. The molecule has 0 aromatic heterocycles. The fraction of sp³-hybridized carbons (Fsp3) is 0.607. The summed E-state index contributed by atoms with van der Waals surface area (Å²) >= 11 is 0. The molecule has 5 rings (SSSR count). The Morgan fingerprint density at radius 2 is 1.74 bits per heavy atom. The lowest BCUT2D eigenvalue weighted by atomic mass is 9.49. The molecule has 1 aliphatic heterocycles. The number of aliphatic hydroxyl groups excluding tert-OH is 1. The maximum absolute atomic E-state index is 14.0. The predicted octanol–water partition coefficient (Wildman–Crippen LogP) is -0.615. The van der Waals surface area contributed by atoms with Crippen molar-refractivity contribution in [2.24, 2.45) is 29.4 Å². The molecule has 0 radical (unpaired) electrons. The van der Waals surface area contributed by atoms with Crippen LogP contribution in [0.5, 0.6) is 5.75 Å². The molecule has 4 aliphatic rings. The summed E-state index contributed by atoms with van der Waals surface area (Å²) in [6.07, 6.45) is 1.58. The number of fused-ring (bicyclic) bond motifs is 3. The summed E-state index contributed by atoms with van der Waals surface area (Å²) < 4.78 is 0. The van der Waals surface area contributed by atoms with E-state index in [4.69, 9.17) is 5.73 Å². The average Bonchev–Trinajstić information content (AvgIpc) is 2.87. The molecular weight excluding hydrogens is 506 g/mol. The summed E-state index contributed by atoms with van der Waals surface area (Å²) in [6.45, 7) is 3.85. The number of Topliss-reactive ketones (excluding diaryl/α,β-unsaturated/α-hetero) is 4. The van der Waals surface area contributed by atoms with E-state index in [-0.39, 0.29) is 11.3 Å². The second-order valence-corrected chi connectivity index (χ2v) is 11.7. The van der Waals surface area contributed by atoms with Crippen molar-refractivity contribution in [1.29, 1.82) is 0 Å². The molecular formula is C28H35N3O8. The highest BCUT2D eigenvalue weighted by Gasteiger charge is 2.72. The lowest BCUT2D eigenvalue weighted by Gasteiger charge is -2.56. The van der Waals surface area contributed by atoms with Crippen molar-refractivity contribution in [3.63, 3.8) is 0 Å². The number of nitrogens with two attached hydrogens (primary N) is 1. The van der Waals surface area contributed by atoms with Gasteiger partial charge in [0.05, 0.1) is 29.5 Å². The van der Waals surface area contributed by atoms with Crippen molar-refractivity contribution < 1.29 is 39.3 Å². The smallest absolute Gasteiger partial charge is 0.235 e. The molecule has 2 saturated carbocycles. The first-order valence-electron chi connectivity index (χ1n) is 13.4. The molecule has 1 saturated heterocycles. The van der Waals surface area contributed by atoms with Crippen molar-refractivity contribution in [2.75, 3.05) is 27.2 Å². The number of hydrogen-bond acceptors (Lipinski definition) is 10. The maximum Gasteiger partial charge on any atom is 0.235 e. The van der Waals surface area contributed by atoms with Crippen LogP contribution in [0.4, 0.5) is 0 Å². The van der Waals surface area contributed by atoms with Gasteiger partial charge in [0.15, 0.2) is 34.7 Å². The second kappa shape index (κ2) is 9.58. The average molecular weight is 542 g/mol. The van der Waals surface area contributed by atoms with Gasteiger partial charge in [-0.1, -0.05) is 25.5 Å². The number of ketones is 4. The molecule has 3 aliphatic carbocycles. The Morgan fingerprint density at radius 3 is 2.33 bits per heavy atom. The van der Waals surface area contributed by atoms with Crippen LogP contribution in [0.3, 0.4) is 0 Å². The third kappa shape index (κ3) is 3.81. The van der Waals surface area contributed by atoms with E-state index in [1.165, 1.54) is 19.0 Å². The number of benzene rings is 1. The van der Waals surface area contributed by atoms with Gasteiger partial charge in [0, 0.05) is 18.0 Å². The van der Waals surface area contributed by atoms with E-state index >= 15 is 0 Å². The topological polar surface area (TPSA) is 179 Å². The fourth-order valence-electron chi connectivity index (χ4n) is 7.52. The van der Waals surface area contributed by atoms with Crippen molar-refractivity contribution in [2.45, 2.75) is 56.4 Å². The molecule has 0 spiro atoms.